The molecular formula is C28H32FN3O4S. The number of aromatic nitrogens is 2. The molecule has 4 aliphatic rings. The van der Waals surface area contributed by atoms with E-state index in [1.807, 2.05) is 0 Å². The fourth-order valence-corrected chi connectivity index (χ4v) is 7.99. The molecule has 2 saturated carbocycles. The number of hydrogen-bond acceptors (Lipinski definition) is 7. The molecular weight excluding hydrogens is 493 g/mol. The number of fused-ring (bicyclic) bond motifs is 3. The van der Waals surface area contributed by atoms with Crippen LogP contribution in [0.25, 0.3) is 10.2 Å². The van der Waals surface area contributed by atoms with Gasteiger partial charge in [-0.15, -0.1) is 0 Å². The summed E-state index contributed by atoms with van der Waals surface area (Å²) in [5.74, 6) is 0.387. The molecule has 37 heavy (non-hydrogen) atoms. The summed E-state index contributed by atoms with van der Waals surface area (Å²) in [5.41, 5.74) is 2.60. The maximum absolute atomic E-state index is 14.6. The smallest absolute Gasteiger partial charge is 0.335 e. The summed E-state index contributed by atoms with van der Waals surface area (Å²) in [7, 11) is 0. The molecule has 7 rings (SSSR count). The lowest BCUT2D eigenvalue weighted by atomic mass is 9.85. The van der Waals surface area contributed by atoms with Crippen LogP contribution in [0.3, 0.4) is 0 Å². The summed E-state index contributed by atoms with van der Waals surface area (Å²) in [5, 5.41) is 14.6. The first-order valence-electron chi connectivity index (χ1n) is 13.8. The second kappa shape index (κ2) is 9.34. The predicted octanol–water partition coefficient (Wildman–Crippen LogP) is 6.76. The molecule has 2 aliphatic carbocycles. The predicted molar refractivity (Wildman–Crippen MR) is 138 cm³/mol. The molecule has 1 N–H and O–H groups in total. The molecule has 3 atom stereocenters. The quantitative estimate of drug-likeness (QED) is 0.364. The number of halogens is 1. The lowest BCUT2D eigenvalue weighted by Crippen LogP contribution is -2.45. The normalized spacial score (nSPS) is 26.3. The van der Waals surface area contributed by atoms with Crippen LogP contribution in [-0.4, -0.2) is 39.4 Å². The molecule has 0 radical (unpaired) electrons. The molecule has 0 amide bonds. The molecule has 2 bridgehead atoms. The monoisotopic (exact) mass is 525 g/mol. The lowest BCUT2D eigenvalue weighted by Gasteiger charge is -2.38. The average Bonchev–Trinajstić information content (AvgIpc) is 3.40. The van der Waals surface area contributed by atoms with E-state index in [0.29, 0.717) is 35.2 Å². The number of piperidine rings is 1. The average molecular weight is 526 g/mol. The van der Waals surface area contributed by atoms with Gasteiger partial charge in [-0.1, -0.05) is 35.8 Å². The number of thiazole rings is 1. The van der Waals surface area contributed by atoms with Crippen LogP contribution in [0.2, 0.25) is 0 Å². The zero-order chi connectivity index (χ0) is 25.1. The van der Waals surface area contributed by atoms with Gasteiger partial charge in [-0.25, -0.2) is 14.2 Å². The minimum absolute atomic E-state index is 0.0396. The highest BCUT2D eigenvalue weighted by Gasteiger charge is 2.43. The molecule has 1 unspecified atom stereocenters. The summed E-state index contributed by atoms with van der Waals surface area (Å²) in [6.45, 7) is 0.579. The van der Waals surface area contributed by atoms with Gasteiger partial charge in [-0.3, -0.25) is 0 Å². The van der Waals surface area contributed by atoms with E-state index >= 15 is 0 Å². The third-order valence-electron chi connectivity index (χ3n) is 8.85. The molecule has 3 aromatic rings. The van der Waals surface area contributed by atoms with E-state index in [-0.39, 0.29) is 17.2 Å². The molecule has 196 valence electrons. The van der Waals surface area contributed by atoms with Crippen LogP contribution < -0.4 is 4.90 Å². The Morgan fingerprint density at radius 2 is 1.84 bits per heavy atom. The van der Waals surface area contributed by atoms with E-state index in [2.05, 4.69) is 15.0 Å². The van der Waals surface area contributed by atoms with Crippen LogP contribution in [0.1, 0.15) is 110 Å². The van der Waals surface area contributed by atoms with Crippen LogP contribution in [-0.2, 0) is 11.3 Å². The van der Waals surface area contributed by atoms with Crippen molar-refractivity contribution in [3.8, 4) is 0 Å². The van der Waals surface area contributed by atoms with Crippen molar-refractivity contribution >= 4 is 32.7 Å². The highest BCUT2D eigenvalue weighted by atomic mass is 32.1. The van der Waals surface area contributed by atoms with Crippen molar-refractivity contribution < 1.29 is 23.6 Å². The Labute approximate surface area is 219 Å². The van der Waals surface area contributed by atoms with Crippen molar-refractivity contribution in [1.82, 2.24) is 10.1 Å². The van der Waals surface area contributed by atoms with Crippen molar-refractivity contribution in [2.45, 2.75) is 107 Å². The maximum atomic E-state index is 14.6. The molecule has 2 aromatic heterocycles. The van der Waals surface area contributed by atoms with Crippen molar-refractivity contribution in [3.05, 3.63) is 40.5 Å². The van der Waals surface area contributed by atoms with Crippen molar-refractivity contribution in [2.75, 3.05) is 4.90 Å². The van der Waals surface area contributed by atoms with Gasteiger partial charge in [0.05, 0.1) is 28.7 Å². The van der Waals surface area contributed by atoms with Crippen LogP contribution in [0.4, 0.5) is 9.52 Å². The van der Waals surface area contributed by atoms with Gasteiger partial charge in [0.15, 0.2) is 10.9 Å². The topological polar surface area (TPSA) is 88.7 Å². The first kappa shape index (κ1) is 23.6. The SMILES string of the molecule is O=C(O)c1cc(F)c2nc(N3C4CC[C@H]3C[C@H](OCc3c(C5CCCCC5)noc3C3CC3)C4)sc2c1. The third-order valence-corrected chi connectivity index (χ3v) is 9.86. The number of rotatable bonds is 7. The molecule has 4 heterocycles. The van der Waals surface area contributed by atoms with Gasteiger partial charge in [0.1, 0.15) is 11.3 Å². The number of nitrogens with zero attached hydrogens (tertiary/aromatic N) is 3. The zero-order valence-electron chi connectivity index (χ0n) is 20.8. The minimum atomic E-state index is -1.13. The van der Waals surface area contributed by atoms with Gasteiger partial charge in [0, 0.05) is 29.5 Å². The molecule has 2 saturated heterocycles. The highest BCUT2D eigenvalue weighted by Crippen LogP contribution is 2.46. The maximum Gasteiger partial charge on any atom is 0.335 e. The standard InChI is InChI=1S/C28H32FN3O4S/c29-22-10-17(27(33)34)11-23-25(22)30-28(37-23)32-18-8-9-19(32)13-20(12-18)35-14-21-24(15-4-2-1-3-5-15)31-36-26(21)16-6-7-16/h10-11,15-16,18-20H,1-9,12-14H2,(H,33,34)/t18-,19?,20-/m0/s1. The van der Waals surface area contributed by atoms with Gasteiger partial charge >= 0.3 is 5.97 Å². The minimum Gasteiger partial charge on any atom is -0.478 e. The molecule has 9 heteroatoms. The summed E-state index contributed by atoms with van der Waals surface area (Å²) < 4.78 is 27.7. The van der Waals surface area contributed by atoms with Gasteiger partial charge in [0.2, 0.25) is 0 Å². The Morgan fingerprint density at radius 3 is 2.54 bits per heavy atom. The largest absolute Gasteiger partial charge is 0.478 e. The Morgan fingerprint density at radius 1 is 1.08 bits per heavy atom. The van der Waals surface area contributed by atoms with E-state index in [0.717, 1.165) is 48.3 Å². The number of benzene rings is 1. The van der Waals surface area contributed by atoms with Gasteiger partial charge in [0.25, 0.3) is 0 Å². The van der Waals surface area contributed by atoms with Crippen molar-refractivity contribution in [2.24, 2.45) is 0 Å². The van der Waals surface area contributed by atoms with Crippen molar-refractivity contribution in [3.63, 3.8) is 0 Å². The third kappa shape index (κ3) is 4.34. The fraction of sp³-hybridized carbons (Fsp3) is 0.607. The van der Waals surface area contributed by atoms with E-state index < -0.39 is 11.8 Å². The van der Waals surface area contributed by atoms with Crippen LogP contribution in [0.15, 0.2) is 16.7 Å². The van der Waals surface area contributed by atoms with E-state index in [9.17, 15) is 14.3 Å². The van der Waals surface area contributed by atoms with E-state index in [1.165, 1.54) is 67.9 Å². The summed E-state index contributed by atoms with van der Waals surface area (Å²) in [6.07, 6.45) is 12.8. The van der Waals surface area contributed by atoms with Crippen LogP contribution in [0, 0.1) is 5.82 Å². The number of anilines is 1. The van der Waals surface area contributed by atoms with Crippen molar-refractivity contribution in [1.29, 1.82) is 0 Å². The highest BCUT2D eigenvalue weighted by molar-refractivity contribution is 7.22. The first-order chi connectivity index (χ1) is 18.0. The second-order valence-corrected chi connectivity index (χ2v) is 12.3. The fourth-order valence-electron chi connectivity index (χ4n) is 6.83. The Balaban J connectivity index is 1.07. The number of carboxylic acids is 1. The van der Waals surface area contributed by atoms with Gasteiger partial charge < -0.3 is 19.3 Å². The van der Waals surface area contributed by atoms with E-state index in [4.69, 9.17) is 9.26 Å². The van der Waals surface area contributed by atoms with Gasteiger partial charge in [-0.2, -0.15) is 0 Å². The molecule has 7 nitrogen and oxygen atoms in total. The zero-order valence-corrected chi connectivity index (χ0v) is 21.6. The summed E-state index contributed by atoms with van der Waals surface area (Å²) >= 11 is 1.39. The Bertz CT molecular complexity index is 1310. The molecule has 1 aromatic carbocycles. The number of carbonyl (C=O) groups is 1. The second-order valence-electron chi connectivity index (χ2n) is 11.3. The van der Waals surface area contributed by atoms with Crippen LogP contribution in [0.5, 0.6) is 0 Å². The van der Waals surface area contributed by atoms with E-state index in [1.54, 1.807) is 0 Å². The first-order valence-corrected chi connectivity index (χ1v) is 14.6. The summed E-state index contributed by atoms with van der Waals surface area (Å²) in [6, 6.07) is 3.19. The molecule has 2 aliphatic heterocycles. The lowest BCUT2D eigenvalue weighted by molar-refractivity contribution is 0.0141. The summed E-state index contributed by atoms with van der Waals surface area (Å²) in [4.78, 5) is 18.3. The van der Waals surface area contributed by atoms with Gasteiger partial charge in [-0.05, 0) is 63.5 Å². The molecule has 4 fully saturated rings. The Hall–Kier alpha value is -2.52. The Kier molecular flexibility index (Phi) is 5.96. The van der Waals surface area contributed by atoms with Crippen LogP contribution >= 0.6 is 11.3 Å². The number of carboxylic acid groups (broad SMARTS) is 1. The number of ether oxygens (including phenoxy) is 1. The number of hydrogen-bond donors (Lipinski definition) is 1. The molecule has 0 spiro atoms. The number of aromatic carboxylic acids is 1.